The van der Waals surface area contributed by atoms with Crippen LogP contribution >= 0.6 is 34.5 Å². The van der Waals surface area contributed by atoms with Crippen LogP contribution in [0.5, 0.6) is 5.75 Å². The van der Waals surface area contributed by atoms with Crippen molar-refractivity contribution in [1.82, 2.24) is 4.98 Å². The van der Waals surface area contributed by atoms with E-state index in [-0.39, 0.29) is 5.02 Å². The Morgan fingerprint density at radius 3 is 2.89 bits per heavy atom. The second-order valence-corrected chi connectivity index (χ2v) is 5.16. The Bertz CT molecular complexity index is 533. The molecule has 0 aliphatic rings. The van der Waals surface area contributed by atoms with Crippen LogP contribution in [-0.4, -0.2) is 11.6 Å². The smallest absolute Gasteiger partial charge is 0.145 e. The molecule has 2 rings (SSSR count). The zero-order valence-electron chi connectivity index (χ0n) is 9.33. The average Bonchev–Trinajstić information content (AvgIpc) is 2.82. The fraction of sp³-hybridized carbons (Fsp3) is 0.250. The molecule has 1 aromatic carbocycles. The highest BCUT2D eigenvalue weighted by Crippen LogP contribution is 2.20. The van der Waals surface area contributed by atoms with Crippen LogP contribution in [0.25, 0.3) is 0 Å². The standard InChI is InChI=1S/C12H10Cl2FNOS/c13-6-8-7-18-12(16-8)3-4-17-9-1-2-10(14)11(15)5-9/h1-2,5,7H,3-4,6H2. The van der Waals surface area contributed by atoms with Crippen LogP contribution in [-0.2, 0) is 12.3 Å². The van der Waals surface area contributed by atoms with Crippen LogP contribution in [0.4, 0.5) is 4.39 Å². The average molecular weight is 306 g/mol. The van der Waals surface area contributed by atoms with Gasteiger partial charge in [0.1, 0.15) is 11.6 Å². The van der Waals surface area contributed by atoms with E-state index in [0.717, 1.165) is 10.7 Å². The van der Waals surface area contributed by atoms with Gasteiger partial charge in [0.25, 0.3) is 0 Å². The van der Waals surface area contributed by atoms with Gasteiger partial charge in [-0.2, -0.15) is 0 Å². The van der Waals surface area contributed by atoms with Crippen molar-refractivity contribution in [2.45, 2.75) is 12.3 Å². The molecule has 0 N–H and O–H groups in total. The third-order valence-electron chi connectivity index (χ3n) is 2.21. The van der Waals surface area contributed by atoms with Crippen LogP contribution < -0.4 is 4.74 Å². The van der Waals surface area contributed by atoms with E-state index in [1.807, 2.05) is 5.38 Å². The zero-order valence-corrected chi connectivity index (χ0v) is 11.7. The number of ether oxygens (including phenoxy) is 1. The van der Waals surface area contributed by atoms with E-state index in [1.165, 1.54) is 12.1 Å². The molecule has 0 spiro atoms. The van der Waals surface area contributed by atoms with E-state index < -0.39 is 5.82 Å². The molecule has 0 bridgehead atoms. The molecule has 0 fully saturated rings. The van der Waals surface area contributed by atoms with Gasteiger partial charge in [0.2, 0.25) is 0 Å². The third-order valence-corrected chi connectivity index (χ3v) is 3.75. The summed E-state index contributed by atoms with van der Waals surface area (Å²) in [5.41, 5.74) is 0.870. The lowest BCUT2D eigenvalue weighted by Crippen LogP contribution is -2.01. The van der Waals surface area contributed by atoms with Crippen molar-refractivity contribution >= 4 is 34.5 Å². The lowest BCUT2D eigenvalue weighted by atomic mass is 10.3. The van der Waals surface area contributed by atoms with E-state index in [4.69, 9.17) is 27.9 Å². The largest absolute Gasteiger partial charge is 0.493 e. The Labute approximate surface area is 118 Å². The summed E-state index contributed by atoms with van der Waals surface area (Å²) in [6.45, 7) is 0.441. The summed E-state index contributed by atoms with van der Waals surface area (Å²) in [4.78, 5) is 4.30. The number of hydrogen-bond acceptors (Lipinski definition) is 3. The fourth-order valence-electron chi connectivity index (χ4n) is 1.35. The van der Waals surface area contributed by atoms with Gasteiger partial charge in [0.05, 0.1) is 28.2 Å². The summed E-state index contributed by atoms with van der Waals surface area (Å²) in [5.74, 6) is 0.401. The molecule has 0 saturated heterocycles. The Hall–Kier alpha value is -0.840. The van der Waals surface area contributed by atoms with Gasteiger partial charge in [0.15, 0.2) is 0 Å². The minimum Gasteiger partial charge on any atom is -0.493 e. The van der Waals surface area contributed by atoms with Crippen LogP contribution in [0, 0.1) is 5.82 Å². The van der Waals surface area contributed by atoms with Gasteiger partial charge in [-0.15, -0.1) is 22.9 Å². The predicted molar refractivity (Wildman–Crippen MR) is 72.3 cm³/mol. The molecule has 0 atom stereocenters. The van der Waals surface area contributed by atoms with E-state index in [9.17, 15) is 4.39 Å². The topological polar surface area (TPSA) is 22.1 Å². The van der Waals surface area contributed by atoms with Crippen molar-refractivity contribution in [3.8, 4) is 5.75 Å². The van der Waals surface area contributed by atoms with Crippen molar-refractivity contribution in [2.24, 2.45) is 0 Å². The third kappa shape index (κ3) is 3.57. The molecule has 1 heterocycles. The molecule has 0 amide bonds. The second kappa shape index (κ2) is 6.36. The number of halogens is 3. The molecule has 96 valence electrons. The molecule has 0 radical (unpaired) electrons. The lowest BCUT2D eigenvalue weighted by molar-refractivity contribution is 0.320. The first kappa shape index (κ1) is 13.6. The van der Waals surface area contributed by atoms with Crippen molar-refractivity contribution in [1.29, 1.82) is 0 Å². The summed E-state index contributed by atoms with van der Waals surface area (Å²) in [7, 11) is 0. The van der Waals surface area contributed by atoms with Gasteiger partial charge in [-0.25, -0.2) is 9.37 Å². The van der Waals surface area contributed by atoms with E-state index in [2.05, 4.69) is 4.98 Å². The first-order valence-corrected chi connectivity index (χ1v) is 7.05. The maximum atomic E-state index is 13.1. The SMILES string of the molecule is Fc1cc(OCCc2nc(CCl)cs2)ccc1Cl. The first-order chi connectivity index (χ1) is 8.69. The number of aromatic nitrogens is 1. The fourth-order valence-corrected chi connectivity index (χ4v) is 2.47. The molecule has 6 heteroatoms. The highest BCUT2D eigenvalue weighted by Gasteiger charge is 2.04. The summed E-state index contributed by atoms with van der Waals surface area (Å²) < 4.78 is 18.6. The normalized spacial score (nSPS) is 10.6. The monoisotopic (exact) mass is 305 g/mol. The number of nitrogens with zero attached hydrogens (tertiary/aromatic N) is 1. The lowest BCUT2D eigenvalue weighted by Gasteiger charge is -2.05. The van der Waals surface area contributed by atoms with Gasteiger partial charge >= 0.3 is 0 Å². The first-order valence-electron chi connectivity index (χ1n) is 5.26. The van der Waals surface area contributed by atoms with Gasteiger partial charge in [-0.3, -0.25) is 0 Å². The summed E-state index contributed by atoms with van der Waals surface area (Å²) in [6, 6.07) is 4.38. The van der Waals surface area contributed by atoms with Crippen LogP contribution in [0.3, 0.4) is 0 Å². The minimum absolute atomic E-state index is 0.0917. The Balaban J connectivity index is 1.86. The number of rotatable bonds is 5. The molecule has 0 aliphatic carbocycles. The van der Waals surface area contributed by atoms with Crippen LogP contribution in [0.2, 0.25) is 5.02 Å². The number of benzene rings is 1. The highest BCUT2D eigenvalue weighted by atomic mass is 35.5. The molecule has 0 unspecified atom stereocenters. The molecule has 18 heavy (non-hydrogen) atoms. The van der Waals surface area contributed by atoms with Gasteiger partial charge in [0, 0.05) is 17.9 Å². The van der Waals surface area contributed by atoms with E-state index >= 15 is 0 Å². The second-order valence-electron chi connectivity index (χ2n) is 3.54. The molecular formula is C12H10Cl2FNOS. The summed E-state index contributed by atoms with van der Waals surface area (Å²) in [6.07, 6.45) is 0.672. The van der Waals surface area contributed by atoms with Gasteiger partial charge in [-0.1, -0.05) is 11.6 Å². The molecule has 2 nitrogen and oxygen atoms in total. The number of alkyl halides is 1. The predicted octanol–water partition coefficient (Wildman–Crippen LogP) is 4.30. The highest BCUT2D eigenvalue weighted by molar-refractivity contribution is 7.09. The zero-order chi connectivity index (χ0) is 13.0. The van der Waals surface area contributed by atoms with E-state index in [1.54, 1.807) is 17.4 Å². The minimum atomic E-state index is -0.479. The summed E-state index contributed by atoms with van der Waals surface area (Å²) >= 11 is 12.8. The number of thiazole rings is 1. The Kier molecular flexibility index (Phi) is 4.80. The van der Waals surface area contributed by atoms with Crippen molar-refractivity contribution in [2.75, 3.05) is 6.61 Å². The van der Waals surface area contributed by atoms with Crippen molar-refractivity contribution in [3.05, 3.63) is 45.1 Å². The van der Waals surface area contributed by atoms with Crippen molar-refractivity contribution in [3.63, 3.8) is 0 Å². The van der Waals surface area contributed by atoms with Crippen LogP contribution in [0.15, 0.2) is 23.6 Å². The number of hydrogen-bond donors (Lipinski definition) is 0. The van der Waals surface area contributed by atoms with Gasteiger partial charge in [-0.05, 0) is 12.1 Å². The Morgan fingerprint density at radius 1 is 1.39 bits per heavy atom. The summed E-state index contributed by atoms with van der Waals surface area (Å²) in [5, 5.41) is 2.97. The Morgan fingerprint density at radius 2 is 2.22 bits per heavy atom. The molecule has 0 aliphatic heterocycles. The van der Waals surface area contributed by atoms with Crippen molar-refractivity contribution < 1.29 is 9.13 Å². The van der Waals surface area contributed by atoms with Crippen LogP contribution in [0.1, 0.15) is 10.7 Å². The quantitative estimate of drug-likeness (QED) is 0.769. The van der Waals surface area contributed by atoms with Gasteiger partial charge < -0.3 is 4.74 Å². The molecule has 1 aromatic heterocycles. The maximum absolute atomic E-state index is 13.1. The van der Waals surface area contributed by atoms with E-state index in [0.29, 0.717) is 24.7 Å². The molecular weight excluding hydrogens is 296 g/mol. The molecule has 2 aromatic rings. The maximum Gasteiger partial charge on any atom is 0.145 e. The molecule has 0 saturated carbocycles.